The molecule has 0 N–H and O–H groups in total. The van der Waals surface area contributed by atoms with Crippen molar-refractivity contribution in [1.82, 2.24) is 24.5 Å². The first kappa shape index (κ1) is 22.2. The SMILES string of the molecule is COc1cccc(-c2nn(C)cc2-c2nnc(SCC(=O)N3CCCc4ccccc43)n2C)c1. The Morgan fingerprint density at radius 1 is 1.12 bits per heavy atom. The average molecular weight is 475 g/mol. The zero-order chi connectivity index (χ0) is 23.7. The number of para-hydroxylation sites is 1. The third kappa shape index (κ3) is 4.19. The number of aromatic nitrogens is 5. The Bertz CT molecular complexity index is 1340. The summed E-state index contributed by atoms with van der Waals surface area (Å²) in [7, 11) is 5.45. The van der Waals surface area contributed by atoms with Crippen molar-refractivity contribution < 1.29 is 9.53 Å². The molecule has 5 rings (SSSR count). The molecule has 0 radical (unpaired) electrons. The van der Waals surface area contributed by atoms with E-state index in [1.807, 2.05) is 72.2 Å². The topological polar surface area (TPSA) is 78.1 Å². The Balaban J connectivity index is 1.37. The maximum atomic E-state index is 13.0. The third-order valence-electron chi connectivity index (χ3n) is 5.98. The lowest BCUT2D eigenvalue weighted by molar-refractivity contribution is -0.116. The first-order chi connectivity index (χ1) is 16.5. The second-order valence-electron chi connectivity index (χ2n) is 8.23. The maximum absolute atomic E-state index is 13.0. The molecular formula is C25H26N6O2S. The first-order valence-corrected chi connectivity index (χ1v) is 12.1. The number of anilines is 1. The van der Waals surface area contributed by atoms with Crippen LogP contribution in [0.1, 0.15) is 12.0 Å². The van der Waals surface area contributed by atoms with Gasteiger partial charge in [-0.1, -0.05) is 42.1 Å². The van der Waals surface area contributed by atoms with Crippen molar-refractivity contribution in [3.8, 4) is 28.4 Å². The third-order valence-corrected chi connectivity index (χ3v) is 6.99. The molecule has 0 saturated heterocycles. The van der Waals surface area contributed by atoms with Gasteiger partial charge in [0, 0.05) is 38.1 Å². The number of benzene rings is 2. The number of nitrogens with zero attached hydrogens (tertiary/aromatic N) is 6. The van der Waals surface area contributed by atoms with Crippen LogP contribution in [-0.4, -0.2) is 49.9 Å². The molecule has 0 fully saturated rings. The number of carbonyl (C=O) groups excluding carboxylic acids is 1. The van der Waals surface area contributed by atoms with E-state index in [1.54, 1.807) is 11.8 Å². The van der Waals surface area contributed by atoms with Crippen molar-refractivity contribution in [2.24, 2.45) is 14.1 Å². The summed E-state index contributed by atoms with van der Waals surface area (Å²) in [5, 5.41) is 14.2. The van der Waals surface area contributed by atoms with Gasteiger partial charge in [0.05, 0.1) is 18.4 Å². The van der Waals surface area contributed by atoms with Crippen LogP contribution in [0.3, 0.4) is 0 Å². The fourth-order valence-electron chi connectivity index (χ4n) is 4.31. The van der Waals surface area contributed by atoms with Gasteiger partial charge in [0.25, 0.3) is 0 Å². The van der Waals surface area contributed by atoms with Crippen molar-refractivity contribution in [2.45, 2.75) is 18.0 Å². The second kappa shape index (κ2) is 9.34. The lowest BCUT2D eigenvalue weighted by Crippen LogP contribution is -2.36. The molecule has 4 aromatic rings. The summed E-state index contributed by atoms with van der Waals surface area (Å²) in [6.45, 7) is 0.750. The highest BCUT2D eigenvalue weighted by Gasteiger charge is 2.24. The van der Waals surface area contributed by atoms with E-state index in [1.165, 1.54) is 17.3 Å². The highest BCUT2D eigenvalue weighted by molar-refractivity contribution is 7.99. The van der Waals surface area contributed by atoms with Crippen molar-refractivity contribution >= 4 is 23.4 Å². The zero-order valence-electron chi connectivity index (χ0n) is 19.4. The molecule has 3 heterocycles. The van der Waals surface area contributed by atoms with E-state index in [-0.39, 0.29) is 5.91 Å². The molecule has 0 spiro atoms. The molecule has 0 bridgehead atoms. The summed E-state index contributed by atoms with van der Waals surface area (Å²) in [5.41, 5.74) is 4.86. The van der Waals surface area contributed by atoms with Gasteiger partial charge in [-0.2, -0.15) is 5.10 Å². The van der Waals surface area contributed by atoms with Gasteiger partial charge >= 0.3 is 0 Å². The summed E-state index contributed by atoms with van der Waals surface area (Å²) in [5.74, 6) is 1.85. The number of hydrogen-bond acceptors (Lipinski definition) is 6. The lowest BCUT2D eigenvalue weighted by Gasteiger charge is -2.29. The van der Waals surface area contributed by atoms with E-state index < -0.39 is 0 Å². The first-order valence-electron chi connectivity index (χ1n) is 11.1. The largest absolute Gasteiger partial charge is 0.497 e. The zero-order valence-corrected chi connectivity index (χ0v) is 20.2. The minimum absolute atomic E-state index is 0.0835. The number of carbonyl (C=O) groups is 1. The van der Waals surface area contributed by atoms with Crippen LogP contribution in [0.5, 0.6) is 5.75 Å². The molecule has 1 aliphatic rings. The minimum atomic E-state index is 0.0835. The summed E-state index contributed by atoms with van der Waals surface area (Å²) in [6, 6.07) is 15.9. The van der Waals surface area contributed by atoms with E-state index in [9.17, 15) is 4.79 Å². The number of thioether (sulfide) groups is 1. The van der Waals surface area contributed by atoms with Gasteiger partial charge in [-0.15, -0.1) is 10.2 Å². The molecule has 34 heavy (non-hydrogen) atoms. The predicted octanol–water partition coefficient (Wildman–Crippen LogP) is 3.96. The molecule has 0 saturated carbocycles. The summed E-state index contributed by atoms with van der Waals surface area (Å²) >= 11 is 1.40. The second-order valence-corrected chi connectivity index (χ2v) is 9.17. The van der Waals surface area contributed by atoms with Crippen LogP contribution in [0.15, 0.2) is 59.9 Å². The molecule has 0 unspecified atom stereocenters. The molecule has 2 aromatic heterocycles. The monoisotopic (exact) mass is 474 g/mol. The molecule has 0 atom stereocenters. The Hall–Kier alpha value is -3.59. The number of ether oxygens (including phenoxy) is 1. The standard InChI is InChI=1S/C25H26N6O2S/c1-29-15-20(23(28-29)18-9-6-11-19(14-18)33-3)24-26-27-25(30(24)2)34-16-22(32)31-13-7-10-17-8-4-5-12-21(17)31/h4-6,8-9,11-12,14-15H,7,10,13,16H2,1-3H3. The molecule has 1 aliphatic heterocycles. The van der Waals surface area contributed by atoms with Crippen molar-refractivity contribution in [3.63, 3.8) is 0 Å². The van der Waals surface area contributed by atoms with Crippen LogP contribution < -0.4 is 9.64 Å². The summed E-state index contributed by atoms with van der Waals surface area (Å²) in [4.78, 5) is 14.9. The summed E-state index contributed by atoms with van der Waals surface area (Å²) < 4.78 is 9.06. The van der Waals surface area contributed by atoms with Gasteiger partial charge in [0.2, 0.25) is 5.91 Å². The Kier molecular flexibility index (Phi) is 6.10. The van der Waals surface area contributed by atoms with Crippen LogP contribution in [0.2, 0.25) is 0 Å². The summed E-state index contributed by atoms with van der Waals surface area (Å²) in [6.07, 6.45) is 3.93. The molecular weight excluding hydrogens is 448 g/mol. The van der Waals surface area contributed by atoms with Crippen molar-refractivity contribution in [1.29, 1.82) is 0 Å². The number of methoxy groups -OCH3 is 1. The molecule has 8 nitrogen and oxygen atoms in total. The van der Waals surface area contributed by atoms with E-state index in [4.69, 9.17) is 4.74 Å². The van der Waals surface area contributed by atoms with Crippen LogP contribution in [-0.2, 0) is 25.3 Å². The van der Waals surface area contributed by atoms with Crippen molar-refractivity contribution in [3.05, 3.63) is 60.3 Å². The highest BCUT2D eigenvalue weighted by atomic mass is 32.2. The van der Waals surface area contributed by atoms with E-state index in [2.05, 4.69) is 21.4 Å². The van der Waals surface area contributed by atoms with Gasteiger partial charge in [-0.3, -0.25) is 9.48 Å². The minimum Gasteiger partial charge on any atom is -0.497 e. The number of amides is 1. The number of aryl methyl sites for hydroxylation is 2. The van der Waals surface area contributed by atoms with Gasteiger partial charge < -0.3 is 14.2 Å². The fraction of sp³-hybridized carbons (Fsp3) is 0.280. The average Bonchev–Trinajstić information content (AvgIpc) is 3.43. The van der Waals surface area contributed by atoms with Gasteiger partial charge in [-0.05, 0) is 36.6 Å². The fourth-order valence-corrected chi connectivity index (χ4v) is 5.09. The quantitative estimate of drug-likeness (QED) is 0.394. The van der Waals surface area contributed by atoms with E-state index in [0.717, 1.165) is 47.6 Å². The molecule has 9 heteroatoms. The molecule has 1 amide bonds. The van der Waals surface area contributed by atoms with Gasteiger partial charge in [-0.25, -0.2) is 0 Å². The number of fused-ring (bicyclic) bond motifs is 1. The number of hydrogen-bond donors (Lipinski definition) is 0. The smallest absolute Gasteiger partial charge is 0.237 e. The van der Waals surface area contributed by atoms with Gasteiger partial charge in [0.1, 0.15) is 11.4 Å². The van der Waals surface area contributed by atoms with E-state index in [0.29, 0.717) is 16.7 Å². The normalized spacial score (nSPS) is 13.1. The molecule has 2 aromatic carbocycles. The van der Waals surface area contributed by atoms with Crippen LogP contribution in [0.4, 0.5) is 5.69 Å². The molecule has 174 valence electrons. The highest BCUT2D eigenvalue weighted by Crippen LogP contribution is 2.33. The Morgan fingerprint density at radius 2 is 1.97 bits per heavy atom. The lowest BCUT2D eigenvalue weighted by atomic mass is 10.0. The maximum Gasteiger partial charge on any atom is 0.237 e. The van der Waals surface area contributed by atoms with Crippen molar-refractivity contribution in [2.75, 3.05) is 24.3 Å². The number of rotatable bonds is 6. The van der Waals surface area contributed by atoms with Crippen LogP contribution >= 0.6 is 11.8 Å². The predicted molar refractivity (Wildman–Crippen MR) is 133 cm³/mol. The Morgan fingerprint density at radius 3 is 2.82 bits per heavy atom. The van der Waals surface area contributed by atoms with Gasteiger partial charge in [0.15, 0.2) is 11.0 Å². The Labute approximate surface area is 202 Å². The molecule has 0 aliphatic carbocycles. The van der Waals surface area contributed by atoms with Crippen LogP contribution in [0.25, 0.3) is 22.6 Å². The van der Waals surface area contributed by atoms with Crippen LogP contribution in [0, 0.1) is 0 Å². The van der Waals surface area contributed by atoms with E-state index >= 15 is 0 Å².